The molecule has 1 atom stereocenters. The number of carbonyl (C=O) groups is 2. The van der Waals surface area contributed by atoms with E-state index in [1.165, 1.54) is 30.7 Å². The summed E-state index contributed by atoms with van der Waals surface area (Å²) in [6.07, 6.45) is -0.0798. The number of hydrogen-bond donors (Lipinski definition) is 2. The van der Waals surface area contributed by atoms with Gasteiger partial charge in [0.05, 0.1) is 19.9 Å². The zero-order valence-corrected chi connectivity index (χ0v) is 21.5. The SMILES string of the molecule is COC(=O)C(O)c1ccc(NC(=O)c2ccc3c(c2)N(S(=O)(=O)c2cc(C)ccc2OC)CCC3)cc1. The minimum atomic E-state index is -3.95. The number of esters is 1. The van der Waals surface area contributed by atoms with Crippen molar-refractivity contribution in [2.75, 3.05) is 30.4 Å². The maximum absolute atomic E-state index is 13.7. The zero-order chi connectivity index (χ0) is 26.7. The first-order valence-electron chi connectivity index (χ1n) is 11.6. The lowest BCUT2D eigenvalue weighted by molar-refractivity contribution is -0.150. The van der Waals surface area contributed by atoms with E-state index in [1.807, 2.05) is 6.92 Å². The molecule has 1 aliphatic rings. The number of methoxy groups -OCH3 is 2. The number of benzene rings is 3. The van der Waals surface area contributed by atoms with Gasteiger partial charge in [-0.1, -0.05) is 24.3 Å². The van der Waals surface area contributed by atoms with E-state index in [0.29, 0.717) is 29.8 Å². The van der Waals surface area contributed by atoms with Crippen LogP contribution < -0.4 is 14.4 Å². The van der Waals surface area contributed by atoms with Gasteiger partial charge >= 0.3 is 5.97 Å². The lowest BCUT2D eigenvalue weighted by atomic mass is 10.0. The quantitative estimate of drug-likeness (QED) is 0.453. The Kier molecular flexibility index (Phi) is 7.51. The van der Waals surface area contributed by atoms with Crippen LogP contribution in [0, 0.1) is 6.92 Å². The van der Waals surface area contributed by atoms with Crippen molar-refractivity contribution in [2.45, 2.75) is 30.8 Å². The van der Waals surface area contributed by atoms with E-state index in [2.05, 4.69) is 10.1 Å². The van der Waals surface area contributed by atoms with Crippen LogP contribution in [-0.4, -0.2) is 46.2 Å². The summed E-state index contributed by atoms with van der Waals surface area (Å²) in [7, 11) is -1.34. The minimum Gasteiger partial charge on any atom is -0.495 e. The van der Waals surface area contributed by atoms with Crippen LogP contribution in [0.15, 0.2) is 65.6 Å². The molecular weight excluding hydrogens is 496 g/mol. The summed E-state index contributed by atoms with van der Waals surface area (Å²) in [5.74, 6) is -0.957. The smallest absolute Gasteiger partial charge is 0.339 e. The van der Waals surface area contributed by atoms with Crippen LogP contribution in [0.3, 0.4) is 0 Å². The van der Waals surface area contributed by atoms with Gasteiger partial charge in [0.2, 0.25) is 0 Å². The van der Waals surface area contributed by atoms with Gasteiger partial charge in [-0.25, -0.2) is 13.2 Å². The number of nitrogens with zero attached hydrogens (tertiary/aromatic N) is 1. The van der Waals surface area contributed by atoms with E-state index in [9.17, 15) is 23.1 Å². The largest absolute Gasteiger partial charge is 0.495 e. The zero-order valence-electron chi connectivity index (χ0n) is 20.7. The highest BCUT2D eigenvalue weighted by molar-refractivity contribution is 7.93. The number of fused-ring (bicyclic) bond motifs is 1. The lowest BCUT2D eigenvalue weighted by Crippen LogP contribution is -2.36. The Morgan fingerprint density at radius 2 is 1.76 bits per heavy atom. The van der Waals surface area contributed by atoms with Crippen molar-refractivity contribution in [3.05, 3.63) is 82.9 Å². The highest BCUT2D eigenvalue weighted by atomic mass is 32.2. The average Bonchev–Trinajstić information content (AvgIpc) is 2.91. The van der Waals surface area contributed by atoms with Gasteiger partial charge in [-0.2, -0.15) is 0 Å². The van der Waals surface area contributed by atoms with Crippen LogP contribution in [0.1, 0.15) is 39.6 Å². The highest BCUT2D eigenvalue weighted by Crippen LogP contribution is 2.36. The second-order valence-electron chi connectivity index (χ2n) is 8.68. The van der Waals surface area contributed by atoms with Crippen molar-refractivity contribution in [2.24, 2.45) is 0 Å². The molecule has 3 aromatic rings. The molecule has 0 saturated heterocycles. The molecule has 3 aromatic carbocycles. The molecule has 0 aromatic heterocycles. The number of anilines is 2. The molecule has 4 rings (SSSR count). The van der Waals surface area contributed by atoms with Crippen molar-refractivity contribution in [1.82, 2.24) is 0 Å². The van der Waals surface area contributed by atoms with E-state index in [0.717, 1.165) is 11.1 Å². The van der Waals surface area contributed by atoms with E-state index in [1.54, 1.807) is 48.5 Å². The standard InChI is InChI=1S/C27H28N2O7S/c1-17-6-13-23(35-2)24(15-17)37(33,34)29-14-4-5-18-7-8-20(16-22(18)29)26(31)28-21-11-9-19(10-12-21)25(30)27(32)36-3/h6-13,15-16,25,30H,4-5,14H2,1-3H3,(H,28,31). The number of rotatable bonds is 7. The molecule has 0 saturated carbocycles. The summed E-state index contributed by atoms with van der Waals surface area (Å²) in [4.78, 5) is 24.6. The highest BCUT2D eigenvalue weighted by Gasteiger charge is 2.32. The Balaban J connectivity index is 1.61. The van der Waals surface area contributed by atoms with E-state index in [4.69, 9.17) is 4.74 Å². The number of hydrogen-bond acceptors (Lipinski definition) is 7. The van der Waals surface area contributed by atoms with Gasteiger partial charge in [-0.05, 0) is 72.9 Å². The molecule has 0 aliphatic carbocycles. The third-order valence-corrected chi connectivity index (χ3v) is 8.05. The number of aliphatic hydroxyl groups is 1. The third-order valence-electron chi connectivity index (χ3n) is 6.22. The Morgan fingerprint density at radius 1 is 1.03 bits per heavy atom. The van der Waals surface area contributed by atoms with Crippen LogP contribution >= 0.6 is 0 Å². The first-order valence-corrected chi connectivity index (χ1v) is 13.1. The predicted molar refractivity (Wildman–Crippen MR) is 138 cm³/mol. The topological polar surface area (TPSA) is 122 Å². The van der Waals surface area contributed by atoms with Gasteiger partial charge in [0.1, 0.15) is 10.6 Å². The van der Waals surface area contributed by atoms with Crippen molar-refractivity contribution in [1.29, 1.82) is 0 Å². The van der Waals surface area contributed by atoms with Crippen molar-refractivity contribution < 1.29 is 32.6 Å². The molecule has 0 fully saturated rings. The fraction of sp³-hybridized carbons (Fsp3) is 0.259. The Hall–Kier alpha value is -3.89. The molecule has 2 N–H and O–H groups in total. The van der Waals surface area contributed by atoms with Gasteiger partial charge in [-0.3, -0.25) is 9.10 Å². The van der Waals surface area contributed by atoms with E-state index in [-0.39, 0.29) is 22.8 Å². The summed E-state index contributed by atoms with van der Waals surface area (Å²) in [5.41, 5.74) is 3.13. The molecule has 1 amide bonds. The molecule has 0 radical (unpaired) electrons. The fourth-order valence-electron chi connectivity index (χ4n) is 4.24. The summed E-state index contributed by atoms with van der Waals surface area (Å²) >= 11 is 0. The second-order valence-corrected chi connectivity index (χ2v) is 10.5. The summed E-state index contributed by atoms with van der Waals surface area (Å²) in [6.45, 7) is 2.09. The van der Waals surface area contributed by atoms with Gasteiger partial charge in [0.25, 0.3) is 15.9 Å². The van der Waals surface area contributed by atoms with Crippen LogP contribution in [-0.2, 0) is 26.0 Å². The molecule has 1 heterocycles. The van der Waals surface area contributed by atoms with E-state index < -0.39 is 28.0 Å². The van der Waals surface area contributed by atoms with Crippen LogP contribution in [0.2, 0.25) is 0 Å². The van der Waals surface area contributed by atoms with Gasteiger partial charge in [0, 0.05) is 17.8 Å². The normalized spacial score (nSPS) is 13.9. The van der Waals surface area contributed by atoms with Gasteiger partial charge < -0.3 is 19.9 Å². The van der Waals surface area contributed by atoms with Crippen LogP contribution in [0.5, 0.6) is 5.75 Å². The van der Waals surface area contributed by atoms with Crippen molar-refractivity contribution in [3.63, 3.8) is 0 Å². The van der Waals surface area contributed by atoms with Gasteiger partial charge in [0.15, 0.2) is 6.10 Å². The predicted octanol–water partition coefficient (Wildman–Crippen LogP) is 3.60. The average molecular weight is 525 g/mol. The van der Waals surface area contributed by atoms with Crippen LogP contribution in [0.4, 0.5) is 11.4 Å². The van der Waals surface area contributed by atoms with Crippen LogP contribution in [0.25, 0.3) is 0 Å². The molecule has 9 nitrogen and oxygen atoms in total. The van der Waals surface area contributed by atoms with Gasteiger partial charge in [-0.15, -0.1) is 0 Å². The number of amides is 1. The van der Waals surface area contributed by atoms with Crippen molar-refractivity contribution in [3.8, 4) is 5.75 Å². The Labute approximate surface area is 215 Å². The number of aryl methyl sites for hydroxylation is 2. The fourth-order valence-corrected chi connectivity index (χ4v) is 6.01. The maximum Gasteiger partial charge on any atom is 0.339 e. The molecule has 194 valence electrons. The Morgan fingerprint density at radius 3 is 2.43 bits per heavy atom. The number of nitrogens with one attached hydrogen (secondary N) is 1. The molecule has 0 spiro atoms. The summed E-state index contributed by atoms with van der Waals surface area (Å²) < 4.78 is 38.6. The van der Waals surface area contributed by atoms with E-state index >= 15 is 0 Å². The second kappa shape index (κ2) is 10.6. The monoisotopic (exact) mass is 524 g/mol. The molecule has 0 bridgehead atoms. The minimum absolute atomic E-state index is 0.0759. The third kappa shape index (κ3) is 5.30. The molecule has 1 unspecified atom stereocenters. The number of ether oxygens (including phenoxy) is 2. The molecular formula is C27H28N2O7S. The number of sulfonamides is 1. The lowest BCUT2D eigenvalue weighted by Gasteiger charge is -2.31. The number of aliphatic hydroxyl groups excluding tert-OH is 1. The maximum atomic E-state index is 13.7. The number of carbonyl (C=O) groups excluding carboxylic acids is 2. The first-order chi connectivity index (χ1) is 17.6. The Bertz CT molecular complexity index is 1440. The molecule has 37 heavy (non-hydrogen) atoms. The van der Waals surface area contributed by atoms with Crippen molar-refractivity contribution >= 4 is 33.3 Å². The molecule has 1 aliphatic heterocycles. The summed E-state index contributed by atoms with van der Waals surface area (Å²) in [5, 5.41) is 12.7. The first kappa shape index (κ1) is 26.2. The summed E-state index contributed by atoms with van der Waals surface area (Å²) in [6, 6.07) is 16.1. The molecule has 10 heteroatoms.